The molecule has 114 valence electrons. The van der Waals surface area contributed by atoms with Gasteiger partial charge in [-0.05, 0) is 38.1 Å². The smallest absolute Gasteiger partial charge is 0.410 e. The van der Waals surface area contributed by atoms with Gasteiger partial charge < -0.3 is 15.0 Å². The minimum atomic E-state index is -0.449. The first-order valence-electron chi connectivity index (χ1n) is 7.06. The summed E-state index contributed by atoms with van der Waals surface area (Å²) in [6.07, 6.45) is 1.86. The zero-order valence-electron chi connectivity index (χ0n) is 12.5. The minimum absolute atomic E-state index is 0.0482. The molecule has 2 amide bonds. The van der Waals surface area contributed by atoms with E-state index in [4.69, 9.17) is 4.74 Å². The van der Waals surface area contributed by atoms with Crippen molar-refractivity contribution in [1.82, 2.24) is 9.80 Å². The van der Waals surface area contributed by atoms with Gasteiger partial charge in [0.1, 0.15) is 5.75 Å². The average molecular weight is 291 g/mol. The summed E-state index contributed by atoms with van der Waals surface area (Å²) in [7, 11) is 3.23. The fourth-order valence-corrected chi connectivity index (χ4v) is 2.17. The third-order valence-electron chi connectivity index (χ3n) is 3.25. The Hall–Kier alpha value is -2.08. The number of hydrogen-bond donors (Lipinski definition) is 1. The van der Waals surface area contributed by atoms with Gasteiger partial charge in [0.05, 0.1) is 6.54 Å². The number of carbonyl (C=O) groups excluding carboxylic acids is 2. The number of benzene rings is 1. The van der Waals surface area contributed by atoms with Crippen LogP contribution in [0.1, 0.15) is 12.8 Å². The van der Waals surface area contributed by atoms with Gasteiger partial charge in [-0.2, -0.15) is 0 Å². The Morgan fingerprint density at radius 3 is 2.67 bits per heavy atom. The monoisotopic (exact) mass is 291 g/mol. The average Bonchev–Trinajstić information content (AvgIpc) is 2.91. The van der Waals surface area contributed by atoms with E-state index in [9.17, 15) is 9.59 Å². The number of amides is 2. The molecule has 1 aliphatic heterocycles. The molecule has 0 aliphatic carbocycles. The van der Waals surface area contributed by atoms with E-state index < -0.39 is 6.09 Å². The maximum Gasteiger partial charge on any atom is 0.414 e. The molecule has 6 nitrogen and oxygen atoms in total. The predicted molar refractivity (Wildman–Crippen MR) is 80.5 cm³/mol. The molecule has 0 unspecified atom stereocenters. The quantitative estimate of drug-likeness (QED) is 0.918. The van der Waals surface area contributed by atoms with Crippen LogP contribution in [0.25, 0.3) is 0 Å². The van der Waals surface area contributed by atoms with Crippen molar-refractivity contribution in [2.75, 3.05) is 39.0 Å². The van der Waals surface area contributed by atoms with Crippen molar-refractivity contribution < 1.29 is 14.3 Å². The number of anilines is 1. The molecule has 1 N–H and O–H groups in total. The molecular formula is C15H21N3O3. The lowest BCUT2D eigenvalue weighted by Gasteiger charge is -2.15. The molecule has 0 bridgehead atoms. The normalized spacial score (nSPS) is 14.8. The van der Waals surface area contributed by atoms with Crippen LogP contribution in [0.5, 0.6) is 5.75 Å². The number of likely N-dealkylation sites (tertiary alicyclic amines) is 1. The number of hydrogen-bond acceptors (Lipinski definition) is 4. The number of carbonyl (C=O) groups is 2. The molecular weight excluding hydrogens is 270 g/mol. The lowest BCUT2D eigenvalue weighted by atomic mass is 10.3. The highest BCUT2D eigenvalue weighted by Gasteiger charge is 2.15. The Morgan fingerprint density at radius 2 is 2.00 bits per heavy atom. The van der Waals surface area contributed by atoms with Crippen LogP contribution in [0.2, 0.25) is 0 Å². The Kier molecular flexibility index (Phi) is 5.16. The lowest BCUT2D eigenvalue weighted by Crippen LogP contribution is -2.30. The number of ether oxygens (including phenoxy) is 1. The van der Waals surface area contributed by atoms with E-state index in [0.717, 1.165) is 25.9 Å². The molecule has 0 spiro atoms. The lowest BCUT2D eigenvalue weighted by molar-refractivity contribution is -0.117. The van der Waals surface area contributed by atoms with E-state index >= 15 is 0 Å². The van der Waals surface area contributed by atoms with Gasteiger partial charge in [0, 0.05) is 25.8 Å². The van der Waals surface area contributed by atoms with E-state index in [1.165, 1.54) is 4.90 Å². The van der Waals surface area contributed by atoms with Crippen LogP contribution in [-0.4, -0.2) is 55.5 Å². The molecule has 1 saturated heterocycles. The zero-order chi connectivity index (χ0) is 15.2. The van der Waals surface area contributed by atoms with Gasteiger partial charge in [0.25, 0.3) is 0 Å². The Bertz CT molecular complexity index is 511. The van der Waals surface area contributed by atoms with E-state index in [1.807, 2.05) is 0 Å². The van der Waals surface area contributed by atoms with Crippen molar-refractivity contribution in [2.24, 2.45) is 0 Å². The second kappa shape index (κ2) is 7.08. The van der Waals surface area contributed by atoms with Crippen molar-refractivity contribution in [1.29, 1.82) is 0 Å². The molecule has 1 aromatic rings. The van der Waals surface area contributed by atoms with Gasteiger partial charge in [-0.3, -0.25) is 9.69 Å². The summed E-state index contributed by atoms with van der Waals surface area (Å²) in [5, 5.41) is 2.83. The topological polar surface area (TPSA) is 61.9 Å². The van der Waals surface area contributed by atoms with E-state index in [-0.39, 0.29) is 5.91 Å². The van der Waals surface area contributed by atoms with E-state index in [2.05, 4.69) is 10.2 Å². The van der Waals surface area contributed by atoms with Crippen LogP contribution in [0.4, 0.5) is 10.5 Å². The fourth-order valence-electron chi connectivity index (χ4n) is 2.17. The summed E-state index contributed by atoms with van der Waals surface area (Å²) in [6.45, 7) is 2.36. The van der Waals surface area contributed by atoms with E-state index in [1.54, 1.807) is 38.4 Å². The SMILES string of the molecule is CN(C)C(=O)Oc1cccc(NC(=O)CN2CCCC2)c1. The first kappa shape index (κ1) is 15.3. The third kappa shape index (κ3) is 4.75. The molecule has 1 aliphatic rings. The summed E-state index contributed by atoms with van der Waals surface area (Å²) in [6, 6.07) is 6.83. The predicted octanol–water partition coefficient (Wildman–Crippen LogP) is 1.78. The highest BCUT2D eigenvalue weighted by Crippen LogP contribution is 2.18. The van der Waals surface area contributed by atoms with Crippen LogP contribution >= 0.6 is 0 Å². The van der Waals surface area contributed by atoms with Crippen LogP contribution in [-0.2, 0) is 4.79 Å². The Labute approximate surface area is 124 Å². The summed E-state index contributed by atoms with van der Waals surface area (Å²) >= 11 is 0. The maximum absolute atomic E-state index is 11.9. The number of nitrogens with one attached hydrogen (secondary N) is 1. The van der Waals surface area contributed by atoms with Gasteiger partial charge in [0.15, 0.2) is 0 Å². The first-order chi connectivity index (χ1) is 10.0. The fraction of sp³-hybridized carbons (Fsp3) is 0.467. The molecule has 1 heterocycles. The molecule has 0 aromatic heterocycles. The van der Waals surface area contributed by atoms with Crippen LogP contribution in [0.15, 0.2) is 24.3 Å². The standard InChI is InChI=1S/C15H21N3O3/c1-17(2)15(20)21-13-7-5-6-12(10-13)16-14(19)11-18-8-3-4-9-18/h5-7,10H,3-4,8-9,11H2,1-2H3,(H,16,19). The first-order valence-corrected chi connectivity index (χ1v) is 7.06. The number of rotatable bonds is 4. The molecule has 0 atom stereocenters. The van der Waals surface area contributed by atoms with Crippen molar-refractivity contribution >= 4 is 17.7 Å². The van der Waals surface area contributed by atoms with Gasteiger partial charge >= 0.3 is 6.09 Å². The van der Waals surface area contributed by atoms with Crippen molar-refractivity contribution in [2.45, 2.75) is 12.8 Å². The Morgan fingerprint density at radius 1 is 1.29 bits per heavy atom. The largest absolute Gasteiger partial charge is 0.414 e. The minimum Gasteiger partial charge on any atom is -0.410 e. The van der Waals surface area contributed by atoms with Crippen LogP contribution < -0.4 is 10.1 Å². The van der Waals surface area contributed by atoms with Gasteiger partial charge in [-0.25, -0.2) is 4.79 Å². The second-order valence-corrected chi connectivity index (χ2v) is 5.32. The molecule has 1 aromatic carbocycles. The zero-order valence-corrected chi connectivity index (χ0v) is 12.5. The number of nitrogens with zero attached hydrogens (tertiary/aromatic N) is 2. The summed E-state index contributed by atoms with van der Waals surface area (Å²) in [4.78, 5) is 26.9. The van der Waals surface area contributed by atoms with Gasteiger partial charge in [-0.1, -0.05) is 6.07 Å². The molecule has 2 rings (SSSR count). The molecule has 6 heteroatoms. The van der Waals surface area contributed by atoms with Gasteiger partial charge in [0.2, 0.25) is 5.91 Å². The van der Waals surface area contributed by atoms with Crippen molar-refractivity contribution in [3.63, 3.8) is 0 Å². The van der Waals surface area contributed by atoms with Crippen LogP contribution in [0, 0.1) is 0 Å². The molecule has 0 saturated carbocycles. The third-order valence-corrected chi connectivity index (χ3v) is 3.25. The molecule has 21 heavy (non-hydrogen) atoms. The highest BCUT2D eigenvalue weighted by atomic mass is 16.6. The van der Waals surface area contributed by atoms with Crippen molar-refractivity contribution in [3.05, 3.63) is 24.3 Å². The second-order valence-electron chi connectivity index (χ2n) is 5.32. The van der Waals surface area contributed by atoms with Crippen molar-refractivity contribution in [3.8, 4) is 5.75 Å². The molecule has 1 fully saturated rings. The van der Waals surface area contributed by atoms with Crippen LogP contribution in [0.3, 0.4) is 0 Å². The van der Waals surface area contributed by atoms with Gasteiger partial charge in [-0.15, -0.1) is 0 Å². The highest BCUT2D eigenvalue weighted by molar-refractivity contribution is 5.92. The molecule has 0 radical (unpaired) electrons. The van der Waals surface area contributed by atoms with E-state index in [0.29, 0.717) is 18.0 Å². The summed E-state index contributed by atoms with van der Waals surface area (Å²) in [5.74, 6) is 0.362. The maximum atomic E-state index is 11.9. The summed E-state index contributed by atoms with van der Waals surface area (Å²) in [5.41, 5.74) is 0.628. The summed E-state index contributed by atoms with van der Waals surface area (Å²) < 4.78 is 5.16. The Balaban J connectivity index is 1.90.